The molecule has 0 aliphatic carbocycles. The Kier molecular flexibility index (Phi) is 5.36. The average molecular weight is 397 g/mol. The first-order valence-corrected chi connectivity index (χ1v) is 8.87. The van der Waals surface area contributed by atoms with Crippen molar-refractivity contribution in [1.82, 2.24) is 10.2 Å². The van der Waals surface area contributed by atoms with Crippen molar-refractivity contribution in [2.75, 3.05) is 6.54 Å². The van der Waals surface area contributed by atoms with Crippen LogP contribution in [0.4, 0.5) is 8.78 Å². The van der Waals surface area contributed by atoms with E-state index >= 15 is 0 Å². The largest absolute Gasteiger partial charge is 0.365 e. The molecule has 0 saturated carbocycles. The van der Waals surface area contributed by atoms with Crippen LogP contribution in [0.1, 0.15) is 26.7 Å². The number of carbonyl (C=O) groups is 1. The molecule has 136 valence electrons. The summed E-state index contributed by atoms with van der Waals surface area (Å²) >= 11 is 7.42. The molecule has 2 heterocycles. The minimum atomic E-state index is -0.938. The molecule has 0 aliphatic rings. The topological polar surface area (TPSA) is 97.8 Å². The van der Waals surface area contributed by atoms with Gasteiger partial charge in [-0.3, -0.25) is 9.89 Å². The van der Waals surface area contributed by atoms with Crippen molar-refractivity contribution in [3.63, 3.8) is 0 Å². The smallest absolute Gasteiger partial charge is 0.259 e. The second kappa shape index (κ2) is 7.53. The molecule has 3 rings (SSSR count). The molecule has 1 aromatic carbocycles. The first kappa shape index (κ1) is 18.5. The van der Waals surface area contributed by atoms with Crippen LogP contribution in [0.15, 0.2) is 30.6 Å². The van der Waals surface area contributed by atoms with Gasteiger partial charge >= 0.3 is 0 Å². The predicted octanol–water partition coefficient (Wildman–Crippen LogP) is 3.45. The third kappa shape index (κ3) is 3.48. The van der Waals surface area contributed by atoms with E-state index in [-0.39, 0.29) is 12.5 Å². The normalized spacial score (nSPS) is 12.3. The second-order valence-electron chi connectivity index (χ2n) is 5.73. The number of benzene rings is 1. The molecule has 0 unspecified atom stereocenters. The molecule has 0 spiro atoms. The lowest BCUT2D eigenvalue weighted by Crippen LogP contribution is -2.20. The Labute approximate surface area is 157 Å². The predicted molar refractivity (Wildman–Crippen MR) is 97.3 cm³/mol. The molecule has 26 heavy (non-hydrogen) atoms. The summed E-state index contributed by atoms with van der Waals surface area (Å²) < 4.78 is 27.1. The van der Waals surface area contributed by atoms with Crippen molar-refractivity contribution >= 4 is 28.8 Å². The molecule has 1 amide bonds. The first-order chi connectivity index (χ1) is 12.4. The van der Waals surface area contributed by atoms with Crippen LogP contribution in [-0.4, -0.2) is 22.6 Å². The molecule has 5 nitrogen and oxygen atoms in total. The van der Waals surface area contributed by atoms with Gasteiger partial charge < -0.3 is 11.5 Å². The number of aromatic nitrogens is 2. The number of carbonyl (C=O) groups excluding carboxylic acids is 1. The zero-order chi connectivity index (χ0) is 18.8. The summed E-state index contributed by atoms with van der Waals surface area (Å²) in [5.41, 5.74) is 13.9. The number of primary amides is 1. The molecule has 0 aliphatic heterocycles. The summed E-state index contributed by atoms with van der Waals surface area (Å²) in [6, 6.07) is 3.66. The number of nitrogens with two attached hydrogens (primary N) is 2. The molecule has 3 aromatic rings. The Morgan fingerprint density at radius 3 is 2.69 bits per heavy atom. The lowest BCUT2D eigenvalue weighted by molar-refractivity contribution is 0.100. The monoisotopic (exact) mass is 396 g/mol. The van der Waals surface area contributed by atoms with E-state index in [0.717, 1.165) is 23.5 Å². The third-order valence-electron chi connectivity index (χ3n) is 4.07. The summed E-state index contributed by atoms with van der Waals surface area (Å²) in [6.45, 7) is 0.164. The third-order valence-corrected chi connectivity index (χ3v) is 5.50. The number of aromatic amines is 1. The molecule has 0 saturated heterocycles. The van der Waals surface area contributed by atoms with E-state index in [1.54, 1.807) is 12.4 Å². The number of hydrogen-bond acceptors (Lipinski definition) is 4. The number of amides is 1. The quantitative estimate of drug-likeness (QED) is 0.595. The highest BCUT2D eigenvalue weighted by molar-refractivity contribution is 7.18. The van der Waals surface area contributed by atoms with Crippen molar-refractivity contribution in [2.45, 2.75) is 12.3 Å². The number of nitrogens with one attached hydrogen (secondary N) is 1. The van der Waals surface area contributed by atoms with E-state index in [1.807, 2.05) is 0 Å². The summed E-state index contributed by atoms with van der Waals surface area (Å²) in [4.78, 5) is 12.2. The van der Waals surface area contributed by atoms with Gasteiger partial charge in [-0.1, -0.05) is 17.7 Å². The lowest BCUT2D eigenvalue weighted by Gasteiger charge is -2.18. The minimum absolute atomic E-state index is 0.164. The standard InChI is InChI=1S/C17H15ClF2N4OS/c18-16-14(10-6-23-24-7-10)13(15(26-16)17(22)25)9(5-21)3-8-1-2-11(19)12(20)4-8/h1-2,4,6-7,9H,3,5,21H2,(H2,22,25)(H,23,24)/t9-/m1/s1. The van der Waals surface area contributed by atoms with Gasteiger partial charge in [0.25, 0.3) is 5.91 Å². The molecule has 2 aromatic heterocycles. The van der Waals surface area contributed by atoms with Gasteiger partial charge in [-0.15, -0.1) is 11.3 Å². The fourth-order valence-electron chi connectivity index (χ4n) is 2.90. The molecule has 1 atom stereocenters. The van der Waals surface area contributed by atoms with E-state index < -0.39 is 17.5 Å². The van der Waals surface area contributed by atoms with E-state index in [0.29, 0.717) is 37.9 Å². The van der Waals surface area contributed by atoms with Crippen LogP contribution in [0.5, 0.6) is 0 Å². The molecule has 5 N–H and O–H groups in total. The highest BCUT2D eigenvalue weighted by atomic mass is 35.5. The molecular formula is C17H15ClF2N4OS. The Morgan fingerprint density at radius 1 is 1.35 bits per heavy atom. The molecule has 0 bridgehead atoms. The zero-order valence-corrected chi connectivity index (χ0v) is 15.0. The van der Waals surface area contributed by atoms with Gasteiger partial charge in [-0.2, -0.15) is 5.10 Å². The van der Waals surface area contributed by atoms with Crippen molar-refractivity contribution in [3.8, 4) is 11.1 Å². The van der Waals surface area contributed by atoms with Crippen molar-refractivity contribution in [1.29, 1.82) is 0 Å². The average Bonchev–Trinajstić information content (AvgIpc) is 3.23. The van der Waals surface area contributed by atoms with Gasteiger partial charge in [0.1, 0.15) is 4.34 Å². The van der Waals surface area contributed by atoms with Gasteiger partial charge in [0.15, 0.2) is 11.6 Å². The van der Waals surface area contributed by atoms with Gasteiger partial charge in [-0.25, -0.2) is 8.78 Å². The number of hydrogen-bond donors (Lipinski definition) is 3. The van der Waals surface area contributed by atoms with Crippen LogP contribution in [0.25, 0.3) is 11.1 Å². The zero-order valence-electron chi connectivity index (χ0n) is 13.4. The van der Waals surface area contributed by atoms with Crippen molar-refractivity contribution < 1.29 is 13.6 Å². The fraction of sp³-hybridized carbons (Fsp3) is 0.176. The van der Waals surface area contributed by atoms with Gasteiger partial charge in [0.2, 0.25) is 0 Å². The van der Waals surface area contributed by atoms with Crippen LogP contribution in [0.2, 0.25) is 4.34 Å². The highest BCUT2D eigenvalue weighted by Gasteiger charge is 2.28. The van der Waals surface area contributed by atoms with Gasteiger partial charge in [0, 0.05) is 23.2 Å². The minimum Gasteiger partial charge on any atom is -0.365 e. The van der Waals surface area contributed by atoms with Gasteiger partial charge in [0.05, 0.1) is 11.1 Å². The first-order valence-electron chi connectivity index (χ1n) is 7.67. The Morgan fingerprint density at radius 2 is 2.12 bits per heavy atom. The number of nitrogens with zero attached hydrogens (tertiary/aromatic N) is 1. The molecule has 0 radical (unpaired) electrons. The number of H-pyrrole nitrogens is 1. The fourth-order valence-corrected chi connectivity index (χ4v) is 4.33. The Balaban J connectivity index is 2.09. The Bertz CT molecular complexity index is 943. The van der Waals surface area contributed by atoms with E-state index in [4.69, 9.17) is 23.1 Å². The van der Waals surface area contributed by atoms with Crippen molar-refractivity contribution in [3.05, 3.63) is 62.6 Å². The van der Waals surface area contributed by atoms with Crippen LogP contribution in [0, 0.1) is 11.6 Å². The number of rotatable bonds is 6. The maximum Gasteiger partial charge on any atom is 0.259 e. The summed E-state index contributed by atoms with van der Waals surface area (Å²) in [6.07, 6.45) is 3.52. The van der Waals surface area contributed by atoms with Crippen LogP contribution in [0.3, 0.4) is 0 Å². The lowest BCUT2D eigenvalue weighted by atomic mass is 9.88. The molecule has 0 fully saturated rings. The van der Waals surface area contributed by atoms with Crippen LogP contribution in [-0.2, 0) is 6.42 Å². The van der Waals surface area contributed by atoms with Crippen LogP contribution < -0.4 is 11.5 Å². The van der Waals surface area contributed by atoms with E-state index in [9.17, 15) is 13.6 Å². The van der Waals surface area contributed by atoms with Crippen LogP contribution >= 0.6 is 22.9 Å². The second-order valence-corrected chi connectivity index (χ2v) is 7.35. The summed E-state index contributed by atoms with van der Waals surface area (Å²) in [5, 5.41) is 6.61. The van der Waals surface area contributed by atoms with E-state index in [1.165, 1.54) is 6.07 Å². The highest BCUT2D eigenvalue weighted by Crippen LogP contribution is 2.44. The number of thiophene rings is 1. The maximum absolute atomic E-state index is 13.5. The molecular weight excluding hydrogens is 382 g/mol. The molecule has 9 heteroatoms. The maximum atomic E-state index is 13.5. The van der Waals surface area contributed by atoms with Crippen molar-refractivity contribution in [2.24, 2.45) is 11.5 Å². The van der Waals surface area contributed by atoms with Gasteiger partial charge in [-0.05, 0) is 36.2 Å². The number of halogens is 3. The summed E-state index contributed by atoms with van der Waals surface area (Å²) in [5.74, 6) is -2.85. The SMILES string of the molecule is NC[C@@H](Cc1ccc(F)c(F)c1)c1c(C(N)=O)sc(Cl)c1-c1cn[nH]c1. The van der Waals surface area contributed by atoms with E-state index in [2.05, 4.69) is 10.2 Å². The summed E-state index contributed by atoms with van der Waals surface area (Å²) in [7, 11) is 0. The Hall–Kier alpha value is -2.29.